The Morgan fingerprint density at radius 2 is 1.00 bits per heavy atom. The van der Waals surface area contributed by atoms with Crippen LogP contribution in [0.2, 0.25) is 0 Å². The number of hydrogen-bond acceptors (Lipinski definition) is 6. The number of fused-ring (bicyclic) bond motifs is 2. The van der Waals surface area contributed by atoms with Gasteiger partial charge in [0.15, 0.2) is 5.78 Å². The number of carbonyl (C=O) groups excluding carboxylic acids is 1. The summed E-state index contributed by atoms with van der Waals surface area (Å²) in [7, 11) is 0. The fraction of sp³-hybridized carbons (Fsp3) is 0.0690. The summed E-state index contributed by atoms with van der Waals surface area (Å²) >= 11 is 0. The number of ketones is 1. The maximum Gasteiger partial charge on any atom is 0.155 e. The number of aromatic nitrogens is 6. The Kier molecular flexibility index (Phi) is 10.2. The third kappa shape index (κ3) is 7.77. The van der Waals surface area contributed by atoms with E-state index in [1.165, 1.54) is 19.9 Å². The van der Waals surface area contributed by atoms with Crippen molar-refractivity contribution in [3.05, 3.63) is 121 Å². The largest absolute Gasteiger partial charge is 0.512 e. The normalized spacial score (nSPS) is 10.5. The molecule has 1 radical (unpaired) electrons. The van der Waals surface area contributed by atoms with Crippen LogP contribution in [0.5, 0.6) is 0 Å². The number of carbonyl (C=O) groups is 1. The van der Waals surface area contributed by atoms with E-state index in [1.54, 1.807) is 9.59 Å². The molecule has 193 valence electrons. The second-order valence-electron chi connectivity index (χ2n) is 7.85. The van der Waals surface area contributed by atoms with Gasteiger partial charge in [0.25, 0.3) is 0 Å². The first-order valence-electron chi connectivity index (χ1n) is 11.5. The molecular weight excluding hydrogens is 657 g/mol. The topological polar surface area (TPSA) is 98.7 Å². The summed E-state index contributed by atoms with van der Waals surface area (Å²) in [4.78, 5) is 13.2. The van der Waals surface area contributed by atoms with Crippen molar-refractivity contribution in [3.8, 4) is 11.4 Å². The van der Waals surface area contributed by atoms with E-state index in [0.717, 1.165) is 33.4 Å². The van der Waals surface area contributed by atoms with Gasteiger partial charge in [-0.3, -0.25) is 4.79 Å². The molecule has 0 bridgehead atoms. The van der Waals surface area contributed by atoms with Crippen LogP contribution < -0.4 is 0 Å². The minimum atomic E-state index is -0.125. The van der Waals surface area contributed by atoms with E-state index in [1.807, 2.05) is 97.1 Å². The van der Waals surface area contributed by atoms with Crippen molar-refractivity contribution in [1.82, 2.24) is 30.0 Å². The van der Waals surface area contributed by atoms with Crippen LogP contribution in [-0.4, -0.2) is 40.9 Å². The quantitative estimate of drug-likeness (QED) is 0.151. The Labute approximate surface area is 233 Å². The van der Waals surface area contributed by atoms with Crippen LogP contribution in [-0.2, 0) is 24.9 Å². The number of para-hydroxylation sites is 2. The second-order valence-corrected chi connectivity index (χ2v) is 7.85. The van der Waals surface area contributed by atoms with Gasteiger partial charge in [-0.25, -0.2) is 0 Å². The van der Waals surface area contributed by atoms with Gasteiger partial charge in [0.2, 0.25) is 0 Å². The molecular formula is C29H24IrN6O2-2. The predicted octanol–water partition coefficient (Wildman–Crippen LogP) is 5.48. The van der Waals surface area contributed by atoms with Gasteiger partial charge in [0, 0.05) is 26.2 Å². The van der Waals surface area contributed by atoms with Crippen LogP contribution in [0.15, 0.2) is 109 Å². The van der Waals surface area contributed by atoms with Gasteiger partial charge < -0.3 is 5.11 Å². The van der Waals surface area contributed by atoms with Gasteiger partial charge in [0.1, 0.15) is 22.1 Å². The van der Waals surface area contributed by atoms with Crippen molar-refractivity contribution in [2.24, 2.45) is 0 Å². The number of nitrogens with zero attached hydrogens (tertiary/aromatic N) is 6. The molecule has 2 aromatic heterocycles. The van der Waals surface area contributed by atoms with Crippen LogP contribution in [0.4, 0.5) is 0 Å². The molecule has 6 aromatic rings. The second kappa shape index (κ2) is 13.7. The Hall–Kier alpha value is -4.46. The number of hydrogen-bond donors (Lipinski definition) is 1. The summed E-state index contributed by atoms with van der Waals surface area (Å²) < 4.78 is 0. The van der Waals surface area contributed by atoms with E-state index in [0.29, 0.717) is 0 Å². The molecule has 0 saturated heterocycles. The van der Waals surface area contributed by atoms with Crippen LogP contribution in [0, 0.1) is 12.1 Å². The third-order valence-electron chi connectivity index (χ3n) is 4.80. The van der Waals surface area contributed by atoms with Crippen molar-refractivity contribution in [2.45, 2.75) is 13.8 Å². The molecule has 38 heavy (non-hydrogen) atoms. The Bertz CT molecular complexity index is 1450. The molecule has 0 spiro atoms. The minimum absolute atomic E-state index is 0. The van der Waals surface area contributed by atoms with Gasteiger partial charge in [0.05, 0.1) is 5.76 Å². The monoisotopic (exact) mass is 681 g/mol. The van der Waals surface area contributed by atoms with Crippen molar-refractivity contribution in [3.63, 3.8) is 0 Å². The molecule has 1 N–H and O–H groups in total. The average Bonchev–Trinajstić information content (AvgIpc) is 3.54. The average molecular weight is 681 g/mol. The molecule has 0 saturated carbocycles. The van der Waals surface area contributed by atoms with E-state index in [-0.39, 0.29) is 31.6 Å². The fourth-order valence-electron chi connectivity index (χ4n) is 3.25. The first-order chi connectivity index (χ1) is 18.0. The van der Waals surface area contributed by atoms with Crippen molar-refractivity contribution >= 4 is 27.9 Å². The summed E-state index contributed by atoms with van der Waals surface area (Å²) in [6.07, 6.45) is 1.17. The number of aliphatic hydroxyl groups excluding tert-OH is 1. The van der Waals surface area contributed by atoms with Crippen LogP contribution in [0.3, 0.4) is 0 Å². The molecule has 0 aliphatic heterocycles. The number of rotatable bonds is 3. The molecule has 9 heteroatoms. The summed E-state index contributed by atoms with van der Waals surface area (Å²) in [6.45, 7) is 2.85. The SMILES string of the molecule is CC(=O)/C=C(/C)O.[Ir].[c-]1ccccc1-n1nc2ccccc2n1.[c-]1ccccc1-n1nc2ccccc2n1. The maximum atomic E-state index is 10.0. The molecule has 0 amide bonds. The molecule has 6 rings (SSSR count). The van der Waals surface area contributed by atoms with Gasteiger partial charge in [-0.05, 0) is 49.5 Å². The van der Waals surface area contributed by atoms with E-state index in [9.17, 15) is 4.79 Å². The maximum absolute atomic E-state index is 10.0. The fourth-order valence-corrected chi connectivity index (χ4v) is 3.25. The van der Waals surface area contributed by atoms with Gasteiger partial charge >= 0.3 is 0 Å². The minimum Gasteiger partial charge on any atom is -0.512 e. The van der Waals surface area contributed by atoms with Crippen LogP contribution in [0.25, 0.3) is 33.4 Å². The van der Waals surface area contributed by atoms with Crippen molar-refractivity contribution in [1.29, 1.82) is 0 Å². The Morgan fingerprint density at radius 1 is 0.658 bits per heavy atom. The molecule has 8 nitrogen and oxygen atoms in total. The third-order valence-corrected chi connectivity index (χ3v) is 4.80. The van der Waals surface area contributed by atoms with Gasteiger partial charge in [-0.15, -0.1) is 12.1 Å². The van der Waals surface area contributed by atoms with Crippen LogP contribution >= 0.6 is 0 Å². The summed E-state index contributed by atoms with van der Waals surface area (Å²) in [5.41, 5.74) is 5.30. The zero-order chi connectivity index (χ0) is 26.0. The summed E-state index contributed by atoms with van der Waals surface area (Å²) in [5.74, 6) is -0.0625. The van der Waals surface area contributed by atoms with Gasteiger partial charge in [-0.1, -0.05) is 24.3 Å². The predicted molar refractivity (Wildman–Crippen MR) is 142 cm³/mol. The number of benzene rings is 4. The summed E-state index contributed by atoms with van der Waals surface area (Å²) in [5, 5.41) is 25.8. The molecule has 0 unspecified atom stereocenters. The molecule has 4 aromatic carbocycles. The zero-order valence-corrected chi connectivity index (χ0v) is 23.1. The van der Waals surface area contributed by atoms with E-state index in [4.69, 9.17) is 5.11 Å². The molecule has 0 aliphatic carbocycles. The van der Waals surface area contributed by atoms with E-state index >= 15 is 0 Å². The first kappa shape index (κ1) is 28.1. The molecule has 2 heterocycles. The Morgan fingerprint density at radius 3 is 1.24 bits per heavy atom. The first-order valence-corrected chi connectivity index (χ1v) is 11.5. The number of allylic oxidation sites excluding steroid dienone is 2. The molecule has 0 aliphatic rings. The number of aliphatic hydroxyl groups is 1. The van der Waals surface area contributed by atoms with Crippen molar-refractivity contribution in [2.75, 3.05) is 0 Å². The standard InChI is InChI=1S/2C12H8N3.C5H8O2.Ir/c2*1-2-6-10(7-3-1)15-13-11-8-4-5-9-12(11)14-15;1-4(6)3-5(2)7;/h2*1-6,8-9H;3,6H,1-2H3;/q2*-1;;/b;;4-3-;. The zero-order valence-electron chi connectivity index (χ0n) is 20.7. The van der Waals surface area contributed by atoms with E-state index < -0.39 is 0 Å². The molecule has 0 fully saturated rings. The van der Waals surface area contributed by atoms with Gasteiger partial charge in [-0.2, -0.15) is 78.5 Å². The molecule has 0 atom stereocenters. The smallest absolute Gasteiger partial charge is 0.155 e. The van der Waals surface area contributed by atoms with E-state index in [2.05, 4.69) is 32.5 Å². The summed E-state index contributed by atoms with van der Waals surface area (Å²) in [6, 6.07) is 37.1. The Balaban J connectivity index is 0.000000167. The van der Waals surface area contributed by atoms with Crippen molar-refractivity contribution < 1.29 is 30.0 Å². The van der Waals surface area contributed by atoms with Crippen LogP contribution in [0.1, 0.15) is 13.8 Å².